The standard InChI is InChI=1S/C10H18O6.10CH4/c1-11-5-15-7-3-13-10-8(16-6-12-2)4-14-9(7)10;;;;;;;;;;/h7-10H,3-6H2,1-2H3;10*1H4/t7-,8+,9-,10-;;;;;;;;;;/m1........../s1. The zero-order valence-corrected chi connectivity index (χ0v) is 9.59. The van der Waals surface area contributed by atoms with E-state index < -0.39 is 0 Å². The van der Waals surface area contributed by atoms with E-state index in [0.717, 1.165) is 0 Å². The van der Waals surface area contributed by atoms with E-state index in [1.54, 1.807) is 14.2 Å². The van der Waals surface area contributed by atoms with Crippen LogP contribution < -0.4 is 0 Å². The van der Waals surface area contributed by atoms with Crippen molar-refractivity contribution in [1.29, 1.82) is 0 Å². The molecule has 2 fully saturated rings. The lowest BCUT2D eigenvalue weighted by molar-refractivity contribution is -0.118. The summed E-state index contributed by atoms with van der Waals surface area (Å²) in [5.74, 6) is 0. The third-order valence-corrected chi connectivity index (χ3v) is 2.76. The molecule has 6 nitrogen and oxygen atoms in total. The maximum atomic E-state index is 5.61. The van der Waals surface area contributed by atoms with Crippen LogP contribution in [0, 0.1) is 0 Å². The Bertz CT molecular complexity index is 194. The first-order chi connectivity index (χ1) is 7.86. The maximum Gasteiger partial charge on any atom is 0.146 e. The van der Waals surface area contributed by atoms with Crippen LogP contribution in [0.3, 0.4) is 0 Å². The molecular weight excluding hydrogens is 336 g/mol. The predicted octanol–water partition coefficient (Wildman–Crippen LogP) is 6.12. The van der Waals surface area contributed by atoms with Gasteiger partial charge in [-0.1, -0.05) is 74.3 Å². The molecule has 0 spiro atoms. The summed E-state index contributed by atoms with van der Waals surface area (Å²) in [6.45, 7) is 1.55. The largest absolute Gasteiger partial charge is 0.370 e. The van der Waals surface area contributed by atoms with Crippen molar-refractivity contribution in [1.82, 2.24) is 0 Å². The summed E-state index contributed by atoms with van der Waals surface area (Å²) in [6, 6.07) is 0. The van der Waals surface area contributed by atoms with Crippen molar-refractivity contribution in [3.63, 3.8) is 0 Å². The van der Waals surface area contributed by atoms with Gasteiger partial charge in [-0.3, -0.25) is 0 Å². The number of ether oxygens (including phenoxy) is 6. The second-order valence-electron chi connectivity index (χ2n) is 3.82. The third kappa shape index (κ3) is 13.9. The first-order valence-corrected chi connectivity index (χ1v) is 5.31. The van der Waals surface area contributed by atoms with Crippen molar-refractivity contribution in [2.45, 2.75) is 98.7 Å². The van der Waals surface area contributed by atoms with E-state index >= 15 is 0 Å². The quantitative estimate of drug-likeness (QED) is 0.506. The minimum atomic E-state index is -0.0684. The highest BCUT2D eigenvalue weighted by molar-refractivity contribution is 4.95. The molecule has 0 unspecified atom stereocenters. The first-order valence-electron chi connectivity index (χ1n) is 5.31. The molecule has 2 saturated heterocycles. The summed E-state index contributed by atoms with van der Waals surface area (Å²) in [7, 11) is 3.18. The molecular formula is C20H58O6. The van der Waals surface area contributed by atoms with Crippen LogP contribution in [-0.4, -0.2) is 65.4 Å². The molecule has 26 heavy (non-hydrogen) atoms. The SMILES string of the molecule is C.C.C.C.C.C.C.C.C.C.COCO[C@H]1CO[C@H]2[C@@H]1OC[C@H]2OCOC. The van der Waals surface area contributed by atoms with E-state index in [2.05, 4.69) is 0 Å². The summed E-state index contributed by atoms with van der Waals surface area (Å²) >= 11 is 0. The van der Waals surface area contributed by atoms with Crippen LogP contribution in [0.4, 0.5) is 0 Å². The smallest absolute Gasteiger partial charge is 0.146 e. The molecule has 2 aliphatic rings. The molecule has 0 aliphatic carbocycles. The Balaban J connectivity index is -0.0000000413. The van der Waals surface area contributed by atoms with Crippen molar-refractivity contribution in [3.8, 4) is 0 Å². The topological polar surface area (TPSA) is 55.4 Å². The van der Waals surface area contributed by atoms with Gasteiger partial charge in [-0.25, -0.2) is 0 Å². The van der Waals surface area contributed by atoms with Gasteiger partial charge in [-0.05, 0) is 0 Å². The molecule has 2 aliphatic heterocycles. The fourth-order valence-corrected chi connectivity index (χ4v) is 2.03. The second kappa shape index (κ2) is 29.5. The van der Waals surface area contributed by atoms with Crippen LogP contribution in [0.15, 0.2) is 0 Å². The van der Waals surface area contributed by atoms with Crippen molar-refractivity contribution in [2.24, 2.45) is 0 Å². The number of methoxy groups -OCH3 is 2. The van der Waals surface area contributed by atoms with E-state index in [0.29, 0.717) is 13.2 Å². The number of fused-ring (bicyclic) bond motifs is 1. The van der Waals surface area contributed by atoms with Crippen LogP contribution in [0.2, 0.25) is 0 Å². The lowest BCUT2D eigenvalue weighted by Gasteiger charge is -2.16. The Kier molecular flexibility index (Phi) is 63.8. The van der Waals surface area contributed by atoms with Gasteiger partial charge in [0.15, 0.2) is 0 Å². The number of hydrogen-bond donors (Lipinski definition) is 0. The Morgan fingerprint density at radius 2 is 0.846 bits per heavy atom. The fourth-order valence-electron chi connectivity index (χ4n) is 2.03. The monoisotopic (exact) mass is 394 g/mol. The van der Waals surface area contributed by atoms with E-state index in [-0.39, 0.29) is 112 Å². The molecule has 0 bridgehead atoms. The Labute approximate surface area is 168 Å². The second-order valence-corrected chi connectivity index (χ2v) is 3.82. The van der Waals surface area contributed by atoms with Gasteiger partial charge in [-0.15, -0.1) is 0 Å². The Morgan fingerprint density at radius 3 is 1.08 bits per heavy atom. The zero-order chi connectivity index (χ0) is 11.4. The summed E-state index contributed by atoms with van der Waals surface area (Å²) in [6.07, 6.45) is -0.254. The maximum absolute atomic E-state index is 5.61. The highest BCUT2D eigenvalue weighted by Crippen LogP contribution is 2.30. The summed E-state index contributed by atoms with van der Waals surface area (Å²) in [5, 5.41) is 0. The molecule has 2 rings (SSSR count). The van der Waals surface area contributed by atoms with Gasteiger partial charge in [0.2, 0.25) is 0 Å². The van der Waals surface area contributed by atoms with E-state index in [1.165, 1.54) is 0 Å². The van der Waals surface area contributed by atoms with Crippen molar-refractivity contribution in [2.75, 3.05) is 41.0 Å². The molecule has 0 saturated carbocycles. The van der Waals surface area contributed by atoms with Crippen molar-refractivity contribution >= 4 is 0 Å². The van der Waals surface area contributed by atoms with Crippen LogP contribution in [-0.2, 0) is 28.4 Å². The summed E-state index contributed by atoms with van der Waals surface area (Å²) in [4.78, 5) is 0. The van der Waals surface area contributed by atoms with E-state index in [9.17, 15) is 0 Å². The molecule has 0 aromatic carbocycles. The van der Waals surface area contributed by atoms with Gasteiger partial charge in [0.25, 0.3) is 0 Å². The number of hydrogen-bond acceptors (Lipinski definition) is 6. The third-order valence-electron chi connectivity index (χ3n) is 2.76. The number of rotatable bonds is 6. The van der Waals surface area contributed by atoms with Gasteiger partial charge in [0, 0.05) is 14.2 Å². The highest BCUT2D eigenvalue weighted by atomic mass is 16.7. The molecule has 2 heterocycles. The minimum absolute atomic E-state index is 0. The van der Waals surface area contributed by atoms with Crippen molar-refractivity contribution < 1.29 is 28.4 Å². The molecule has 0 amide bonds. The summed E-state index contributed by atoms with van der Waals surface area (Å²) < 4.78 is 31.9. The van der Waals surface area contributed by atoms with Crippen molar-refractivity contribution in [3.05, 3.63) is 0 Å². The van der Waals surface area contributed by atoms with Crippen LogP contribution in [0.5, 0.6) is 0 Å². The zero-order valence-electron chi connectivity index (χ0n) is 9.59. The summed E-state index contributed by atoms with van der Waals surface area (Å²) in [5.41, 5.74) is 0. The Morgan fingerprint density at radius 1 is 0.577 bits per heavy atom. The molecule has 4 atom stereocenters. The average Bonchev–Trinajstić information content (AvgIpc) is 2.86. The van der Waals surface area contributed by atoms with Gasteiger partial charge in [0.1, 0.15) is 38.0 Å². The van der Waals surface area contributed by atoms with E-state index in [1.807, 2.05) is 0 Å². The first kappa shape index (κ1) is 56.2. The molecule has 0 aromatic heterocycles. The van der Waals surface area contributed by atoms with Gasteiger partial charge >= 0.3 is 0 Å². The van der Waals surface area contributed by atoms with Crippen LogP contribution in [0.25, 0.3) is 0 Å². The van der Waals surface area contributed by atoms with Gasteiger partial charge < -0.3 is 28.4 Å². The predicted molar refractivity (Wildman–Crippen MR) is 120 cm³/mol. The van der Waals surface area contributed by atoms with E-state index in [4.69, 9.17) is 28.4 Å². The average molecular weight is 395 g/mol. The van der Waals surface area contributed by atoms with Gasteiger partial charge in [-0.2, -0.15) is 0 Å². The molecule has 0 radical (unpaired) electrons. The molecule has 6 heteroatoms. The normalized spacial score (nSPS) is 23.3. The fraction of sp³-hybridized carbons (Fsp3) is 1.00. The van der Waals surface area contributed by atoms with Crippen LogP contribution >= 0.6 is 0 Å². The highest BCUT2D eigenvalue weighted by Gasteiger charge is 2.48. The molecule has 0 N–H and O–H groups in total. The lowest BCUT2D eigenvalue weighted by Crippen LogP contribution is -2.34. The molecule has 174 valence electrons. The Hall–Kier alpha value is -0.240. The minimum Gasteiger partial charge on any atom is -0.370 e. The van der Waals surface area contributed by atoms with Gasteiger partial charge in [0.05, 0.1) is 13.2 Å². The molecule has 0 aromatic rings. The lowest BCUT2D eigenvalue weighted by atomic mass is 10.1. The van der Waals surface area contributed by atoms with Crippen LogP contribution in [0.1, 0.15) is 74.3 Å².